The number of hydrogen-bond acceptors (Lipinski definition) is 3. The first-order valence-electron chi connectivity index (χ1n) is 6.56. The lowest BCUT2D eigenvalue weighted by Gasteiger charge is -2.34. The van der Waals surface area contributed by atoms with E-state index in [-0.39, 0.29) is 5.56 Å². The Morgan fingerprint density at radius 2 is 2.22 bits per heavy atom. The van der Waals surface area contributed by atoms with Gasteiger partial charge >= 0.3 is 0 Å². The molecule has 18 heavy (non-hydrogen) atoms. The maximum atomic E-state index is 11.3. The van der Waals surface area contributed by atoms with E-state index in [2.05, 4.69) is 18.7 Å². The van der Waals surface area contributed by atoms with E-state index in [4.69, 9.17) is 4.74 Å². The zero-order valence-corrected chi connectivity index (χ0v) is 11.4. The van der Waals surface area contributed by atoms with Gasteiger partial charge in [-0.05, 0) is 11.5 Å². The molecular weight excluding hydrogens is 228 g/mol. The summed E-state index contributed by atoms with van der Waals surface area (Å²) in [6, 6.07) is 3.55. The van der Waals surface area contributed by atoms with E-state index in [0.717, 1.165) is 26.2 Å². The Balaban J connectivity index is 2.00. The minimum Gasteiger partial charge on any atom is -0.375 e. The molecular formula is C14H22N2O2. The molecule has 1 unspecified atom stereocenters. The highest BCUT2D eigenvalue weighted by Crippen LogP contribution is 2.15. The molecule has 4 nitrogen and oxygen atoms in total. The van der Waals surface area contributed by atoms with Crippen molar-refractivity contribution in [1.82, 2.24) is 9.47 Å². The molecule has 2 heterocycles. The molecule has 0 radical (unpaired) electrons. The van der Waals surface area contributed by atoms with Crippen LogP contribution in [0.3, 0.4) is 0 Å². The summed E-state index contributed by atoms with van der Waals surface area (Å²) < 4.78 is 7.39. The molecule has 1 saturated heterocycles. The topological polar surface area (TPSA) is 34.5 Å². The number of pyridine rings is 1. The molecule has 1 aromatic rings. The molecule has 2 rings (SSSR count). The van der Waals surface area contributed by atoms with Gasteiger partial charge in [-0.15, -0.1) is 0 Å². The molecule has 0 aromatic carbocycles. The normalized spacial score (nSPS) is 21.4. The van der Waals surface area contributed by atoms with Gasteiger partial charge < -0.3 is 9.30 Å². The van der Waals surface area contributed by atoms with E-state index >= 15 is 0 Å². The molecule has 4 heteroatoms. The quantitative estimate of drug-likeness (QED) is 0.809. The Morgan fingerprint density at radius 3 is 2.89 bits per heavy atom. The summed E-state index contributed by atoms with van der Waals surface area (Å²) in [4.78, 5) is 13.7. The van der Waals surface area contributed by atoms with E-state index in [1.165, 1.54) is 5.56 Å². The van der Waals surface area contributed by atoms with Crippen LogP contribution in [0.4, 0.5) is 0 Å². The Labute approximate surface area is 108 Å². The number of rotatable bonds is 3. The van der Waals surface area contributed by atoms with Crippen LogP contribution in [0.2, 0.25) is 0 Å². The van der Waals surface area contributed by atoms with Gasteiger partial charge in [0.2, 0.25) is 5.56 Å². The molecule has 0 amide bonds. The van der Waals surface area contributed by atoms with Crippen molar-refractivity contribution in [2.45, 2.75) is 26.5 Å². The van der Waals surface area contributed by atoms with Gasteiger partial charge in [0.15, 0.2) is 0 Å². The summed E-state index contributed by atoms with van der Waals surface area (Å²) in [7, 11) is 1.79. The van der Waals surface area contributed by atoms with Crippen molar-refractivity contribution >= 4 is 0 Å². The molecule has 1 atom stereocenters. The molecule has 0 saturated carbocycles. The van der Waals surface area contributed by atoms with Crippen molar-refractivity contribution in [2.24, 2.45) is 13.0 Å². The molecule has 0 bridgehead atoms. The highest BCUT2D eigenvalue weighted by molar-refractivity contribution is 5.09. The highest BCUT2D eigenvalue weighted by Gasteiger charge is 2.22. The SMILES string of the molecule is CC(C)C1CN(Cc2ccc(=O)n(C)c2)CCO1. The Bertz CT molecular complexity index is 453. The van der Waals surface area contributed by atoms with Gasteiger partial charge in [0, 0.05) is 38.9 Å². The zero-order valence-electron chi connectivity index (χ0n) is 11.4. The number of aromatic nitrogens is 1. The summed E-state index contributed by atoms with van der Waals surface area (Å²) in [5.74, 6) is 0.549. The van der Waals surface area contributed by atoms with Crippen molar-refractivity contribution in [3.05, 3.63) is 34.2 Å². The number of hydrogen-bond donors (Lipinski definition) is 0. The van der Waals surface area contributed by atoms with Gasteiger partial charge in [0.05, 0.1) is 12.7 Å². The average molecular weight is 250 g/mol. The summed E-state index contributed by atoms with van der Waals surface area (Å²) in [5.41, 5.74) is 1.22. The maximum absolute atomic E-state index is 11.3. The fraction of sp³-hybridized carbons (Fsp3) is 0.643. The Morgan fingerprint density at radius 1 is 1.44 bits per heavy atom. The van der Waals surface area contributed by atoms with Gasteiger partial charge in [-0.2, -0.15) is 0 Å². The largest absolute Gasteiger partial charge is 0.375 e. The van der Waals surface area contributed by atoms with Gasteiger partial charge in [-0.1, -0.05) is 19.9 Å². The van der Waals surface area contributed by atoms with Gasteiger partial charge in [-0.3, -0.25) is 9.69 Å². The molecule has 0 aliphatic carbocycles. The molecule has 0 spiro atoms. The first-order valence-corrected chi connectivity index (χ1v) is 6.56. The lowest BCUT2D eigenvalue weighted by Crippen LogP contribution is -2.44. The van der Waals surface area contributed by atoms with Crippen molar-refractivity contribution < 1.29 is 4.74 Å². The first-order chi connectivity index (χ1) is 8.56. The number of ether oxygens (including phenoxy) is 1. The predicted octanol–water partition coefficient (Wildman–Crippen LogP) is 1.24. The van der Waals surface area contributed by atoms with Crippen LogP contribution >= 0.6 is 0 Å². The van der Waals surface area contributed by atoms with Crippen LogP contribution in [-0.4, -0.2) is 35.3 Å². The van der Waals surface area contributed by atoms with Crippen molar-refractivity contribution in [1.29, 1.82) is 0 Å². The molecule has 100 valence electrons. The summed E-state index contributed by atoms with van der Waals surface area (Å²) in [6.07, 6.45) is 2.24. The molecule has 0 N–H and O–H groups in total. The second-order valence-corrected chi connectivity index (χ2v) is 5.37. The van der Waals surface area contributed by atoms with E-state index < -0.39 is 0 Å². The van der Waals surface area contributed by atoms with Crippen molar-refractivity contribution in [2.75, 3.05) is 19.7 Å². The fourth-order valence-electron chi connectivity index (χ4n) is 2.28. The number of aryl methyl sites for hydroxylation is 1. The molecule has 1 aliphatic rings. The second kappa shape index (κ2) is 5.67. The fourth-order valence-corrected chi connectivity index (χ4v) is 2.28. The van der Waals surface area contributed by atoms with E-state index in [1.807, 2.05) is 12.3 Å². The van der Waals surface area contributed by atoms with E-state index in [1.54, 1.807) is 17.7 Å². The van der Waals surface area contributed by atoms with Gasteiger partial charge in [0.1, 0.15) is 0 Å². The summed E-state index contributed by atoms with van der Waals surface area (Å²) >= 11 is 0. The average Bonchev–Trinajstić information content (AvgIpc) is 2.34. The molecule has 1 fully saturated rings. The Kier molecular flexibility index (Phi) is 4.19. The van der Waals surface area contributed by atoms with Gasteiger partial charge in [0.25, 0.3) is 0 Å². The third kappa shape index (κ3) is 3.21. The standard InChI is InChI=1S/C14H22N2O2/c1-11(2)13-10-16(6-7-18-13)9-12-4-5-14(17)15(3)8-12/h4-5,8,11,13H,6-7,9-10H2,1-3H3. The lowest BCUT2D eigenvalue weighted by atomic mass is 10.1. The third-order valence-corrected chi connectivity index (χ3v) is 3.47. The minimum atomic E-state index is 0.0424. The van der Waals surface area contributed by atoms with E-state index in [0.29, 0.717) is 12.0 Å². The van der Waals surface area contributed by atoms with Crippen LogP contribution < -0.4 is 5.56 Å². The van der Waals surface area contributed by atoms with Crippen LogP contribution in [0.5, 0.6) is 0 Å². The molecule has 1 aromatic heterocycles. The number of nitrogens with zero attached hydrogens (tertiary/aromatic N) is 2. The smallest absolute Gasteiger partial charge is 0.250 e. The lowest BCUT2D eigenvalue weighted by molar-refractivity contribution is -0.0529. The monoisotopic (exact) mass is 250 g/mol. The van der Waals surface area contributed by atoms with Crippen LogP contribution in [0, 0.1) is 5.92 Å². The van der Waals surface area contributed by atoms with Crippen LogP contribution in [0.15, 0.2) is 23.1 Å². The van der Waals surface area contributed by atoms with Crippen molar-refractivity contribution in [3.8, 4) is 0 Å². The highest BCUT2D eigenvalue weighted by atomic mass is 16.5. The molecule has 1 aliphatic heterocycles. The van der Waals surface area contributed by atoms with E-state index in [9.17, 15) is 4.79 Å². The van der Waals surface area contributed by atoms with Crippen molar-refractivity contribution in [3.63, 3.8) is 0 Å². The minimum absolute atomic E-state index is 0.0424. The predicted molar refractivity (Wildman–Crippen MR) is 71.5 cm³/mol. The first kappa shape index (κ1) is 13.3. The van der Waals surface area contributed by atoms with Crippen LogP contribution in [0.25, 0.3) is 0 Å². The third-order valence-electron chi connectivity index (χ3n) is 3.47. The summed E-state index contributed by atoms with van der Waals surface area (Å²) in [6.45, 7) is 8.02. The Hall–Kier alpha value is -1.13. The van der Waals surface area contributed by atoms with Crippen LogP contribution in [0.1, 0.15) is 19.4 Å². The zero-order chi connectivity index (χ0) is 13.1. The maximum Gasteiger partial charge on any atom is 0.250 e. The van der Waals surface area contributed by atoms with Gasteiger partial charge in [-0.25, -0.2) is 0 Å². The summed E-state index contributed by atoms with van der Waals surface area (Å²) in [5, 5.41) is 0. The van der Waals surface area contributed by atoms with Crippen LogP contribution in [-0.2, 0) is 18.3 Å². The second-order valence-electron chi connectivity index (χ2n) is 5.37. The number of morpholine rings is 1.